The molecule has 0 radical (unpaired) electrons. The number of amides is 2. The fourth-order valence-electron chi connectivity index (χ4n) is 1.97. The molecule has 2 amide bonds. The van der Waals surface area contributed by atoms with Crippen LogP contribution in [-0.4, -0.2) is 45.6 Å². The molecular weight excluding hydrogens is 290 g/mol. The molecule has 0 spiro atoms. The summed E-state index contributed by atoms with van der Waals surface area (Å²) >= 11 is 0. The maximum absolute atomic E-state index is 12.3. The number of nitrogens with zero attached hydrogens (tertiary/aromatic N) is 1. The van der Waals surface area contributed by atoms with Crippen molar-refractivity contribution in [3.63, 3.8) is 0 Å². The number of ketones is 1. The van der Waals surface area contributed by atoms with Crippen molar-refractivity contribution < 1.29 is 32.6 Å². The Morgan fingerprint density at radius 3 is 2.15 bits per heavy atom. The number of Topliss-reactive ketones (excluding diaryl/α,β-unsaturated/α-hetero) is 1. The van der Waals surface area contributed by atoms with E-state index in [-0.39, 0.29) is 5.56 Å². The smallest absolute Gasteiger partial charge is 0.288 e. The lowest BCUT2D eigenvalue weighted by Crippen LogP contribution is -2.52. The molecule has 0 aromatic heterocycles. The van der Waals surface area contributed by atoms with Crippen LogP contribution >= 0.6 is 0 Å². The summed E-state index contributed by atoms with van der Waals surface area (Å²) in [4.78, 5) is 35.4. The van der Waals surface area contributed by atoms with Crippen LogP contribution in [0.2, 0.25) is 0 Å². The van der Waals surface area contributed by atoms with Gasteiger partial charge in [0.2, 0.25) is 4.75 Å². The minimum absolute atomic E-state index is 0.179. The molecule has 1 aromatic carbocycles. The zero-order valence-electron chi connectivity index (χ0n) is 9.88. The van der Waals surface area contributed by atoms with Crippen LogP contribution in [0.3, 0.4) is 0 Å². The highest BCUT2D eigenvalue weighted by molar-refractivity contribution is 7.89. The van der Waals surface area contributed by atoms with Crippen LogP contribution in [0.1, 0.15) is 16.8 Å². The SMILES string of the molecule is O=C1CC(C(=O)c2ccccc2)(S(=O)(=O)O)C(=O)N1O. The van der Waals surface area contributed by atoms with Gasteiger partial charge in [0.25, 0.3) is 21.9 Å². The van der Waals surface area contributed by atoms with Gasteiger partial charge in [-0.3, -0.25) is 24.1 Å². The minimum atomic E-state index is -5.25. The molecule has 0 saturated carbocycles. The van der Waals surface area contributed by atoms with E-state index in [9.17, 15) is 27.4 Å². The average molecular weight is 299 g/mol. The molecule has 0 bridgehead atoms. The van der Waals surface area contributed by atoms with Gasteiger partial charge in [-0.25, -0.2) is 0 Å². The summed E-state index contributed by atoms with van der Waals surface area (Å²) < 4.78 is 29.2. The first-order chi connectivity index (χ1) is 9.22. The zero-order valence-corrected chi connectivity index (χ0v) is 10.7. The van der Waals surface area contributed by atoms with Gasteiger partial charge in [0.1, 0.15) is 0 Å². The third kappa shape index (κ3) is 1.83. The fraction of sp³-hybridized carbons (Fsp3) is 0.182. The molecule has 2 N–H and O–H groups in total. The van der Waals surface area contributed by atoms with E-state index in [1.54, 1.807) is 6.07 Å². The van der Waals surface area contributed by atoms with Gasteiger partial charge in [-0.2, -0.15) is 13.5 Å². The Balaban J connectivity index is 2.66. The molecule has 106 valence electrons. The molecule has 1 atom stereocenters. The lowest BCUT2D eigenvalue weighted by Gasteiger charge is -2.20. The van der Waals surface area contributed by atoms with Crippen molar-refractivity contribution in [3.8, 4) is 0 Å². The highest BCUT2D eigenvalue weighted by Gasteiger charge is 2.65. The molecule has 1 aromatic rings. The molecule has 1 aliphatic rings. The quantitative estimate of drug-likeness (QED) is 0.256. The predicted octanol–water partition coefficient (Wildman–Crippen LogP) is -0.356. The van der Waals surface area contributed by atoms with Crippen molar-refractivity contribution in [2.45, 2.75) is 11.2 Å². The van der Waals surface area contributed by atoms with Crippen molar-refractivity contribution in [2.24, 2.45) is 0 Å². The number of rotatable bonds is 3. The largest absolute Gasteiger partial charge is 0.292 e. The number of hydrogen-bond donors (Lipinski definition) is 2. The van der Waals surface area contributed by atoms with E-state index < -0.39 is 43.9 Å². The Kier molecular flexibility index (Phi) is 3.20. The van der Waals surface area contributed by atoms with Gasteiger partial charge in [-0.1, -0.05) is 30.3 Å². The van der Waals surface area contributed by atoms with Gasteiger partial charge in [0, 0.05) is 5.56 Å². The Morgan fingerprint density at radius 1 is 1.20 bits per heavy atom. The Hall–Kier alpha value is -2.10. The van der Waals surface area contributed by atoms with Crippen molar-refractivity contribution in [3.05, 3.63) is 35.9 Å². The van der Waals surface area contributed by atoms with E-state index >= 15 is 0 Å². The highest BCUT2D eigenvalue weighted by Crippen LogP contribution is 2.34. The maximum Gasteiger partial charge on any atom is 0.288 e. The molecule has 1 fully saturated rings. The Morgan fingerprint density at radius 2 is 1.75 bits per heavy atom. The van der Waals surface area contributed by atoms with Crippen LogP contribution in [-0.2, 0) is 19.7 Å². The van der Waals surface area contributed by atoms with Crippen LogP contribution in [0.15, 0.2) is 30.3 Å². The maximum atomic E-state index is 12.3. The van der Waals surface area contributed by atoms with Crippen LogP contribution in [0, 0.1) is 0 Å². The van der Waals surface area contributed by atoms with Crippen molar-refractivity contribution >= 4 is 27.7 Å². The Bertz CT molecular complexity index is 697. The molecule has 8 nitrogen and oxygen atoms in total. The Labute approximate surface area is 113 Å². The van der Waals surface area contributed by atoms with Gasteiger partial charge in [-0.05, 0) is 0 Å². The predicted molar refractivity (Wildman–Crippen MR) is 63.3 cm³/mol. The van der Waals surface area contributed by atoms with E-state index in [0.29, 0.717) is 0 Å². The number of hydrogen-bond acceptors (Lipinski definition) is 6. The van der Waals surface area contributed by atoms with Crippen LogP contribution in [0.5, 0.6) is 0 Å². The zero-order chi connectivity index (χ0) is 15.1. The average Bonchev–Trinajstić information content (AvgIpc) is 2.64. The summed E-state index contributed by atoms with van der Waals surface area (Å²) in [5.41, 5.74) is -0.179. The molecule has 1 heterocycles. The summed E-state index contributed by atoms with van der Waals surface area (Å²) in [7, 11) is -5.25. The number of hydroxylamine groups is 2. The van der Waals surface area contributed by atoms with Gasteiger partial charge < -0.3 is 0 Å². The van der Waals surface area contributed by atoms with Crippen molar-refractivity contribution in [2.75, 3.05) is 0 Å². The van der Waals surface area contributed by atoms with E-state index in [2.05, 4.69) is 0 Å². The number of carbonyl (C=O) groups is 3. The summed E-state index contributed by atoms with van der Waals surface area (Å²) in [6.45, 7) is 0. The molecule has 20 heavy (non-hydrogen) atoms. The monoisotopic (exact) mass is 299 g/mol. The third-order valence-corrected chi connectivity index (χ3v) is 4.40. The second kappa shape index (κ2) is 4.47. The van der Waals surface area contributed by atoms with Gasteiger partial charge in [0.05, 0.1) is 6.42 Å². The van der Waals surface area contributed by atoms with Crippen molar-refractivity contribution in [1.29, 1.82) is 0 Å². The normalized spacial score (nSPS) is 23.2. The first-order valence-electron chi connectivity index (χ1n) is 5.35. The standard InChI is InChI=1S/C11H9NO7S/c13-8-6-11(20(17,18)19,10(15)12(8)16)9(14)7-4-2-1-3-5-7/h1-5,16H,6H2,(H,17,18,19). The van der Waals surface area contributed by atoms with Crippen LogP contribution in [0.25, 0.3) is 0 Å². The first kappa shape index (κ1) is 14.3. The number of carbonyl (C=O) groups excluding carboxylic acids is 3. The topological polar surface area (TPSA) is 129 Å². The first-order valence-corrected chi connectivity index (χ1v) is 6.79. The van der Waals surface area contributed by atoms with E-state index in [1.807, 2.05) is 0 Å². The molecule has 2 rings (SSSR count). The molecule has 9 heteroatoms. The lowest BCUT2D eigenvalue weighted by atomic mass is 9.95. The van der Waals surface area contributed by atoms with Crippen LogP contribution in [0.4, 0.5) is 0 Å². The second-order valence-corrected chi connectivity index (χ2v) is 5.83. The van der Waals surface area contributed by atoms with E-state index in [0.717, 1.165) is 0 Å². The second-order valence-electron chi connectivity index (χ2n) is 4.18. The molecule has 1 aliphatic heterocycles. The summed E-state index contributed by atoms with van der Waals surface area (Å²) in [5.74, 6) is -4.23. The van der Waals surface area contributed by atoms with Gasteiger partial charge in [0.15, 0.2) is 5.78 Å². The molecular formula is C11H9NO7S. The van der Waals surface area contributed by atoms with Crippen LogP contribution < -0.4 is 0 Å². The molecule has 0 aliphatic carbocycles. The summed E-state index contributed by atoms with van der Waals surface area (Å²) in [6.07, 6.45) is -1.14. The lowest BCUT2D eigenvalue weighted by molar-refractivity contribution is -0.171. The van der Waals surface area contributed by atoms with E-state index in [1.165, 1.54) is 24.3 Å². The number of imide groups is 1. The highest BCUT2D eigenvalue weighted by atomic mass is 32.2. The summed E-state index contributed by atoms with van der Waals surface area (Å²) in [6, 6.07) is 6.85. The fourth-order valence-corrected chi connectivity index (χ4v) is 2.93. The third-order valence-electron chi connectivity index (χ3n) is 3.02. The molecule has 1 saturated heterocycles. The molecule has 1 unspecified atom stereocenters. The van der Waals surface area contributed by atoms with Gasteiger partial charge in [-0.15, -0.1) is 0 Å². The van der Waals surface area contributed by atoms with E-state index in [4.69, 9.17) is 5.21 Å². The minimum Gasteiger partial charge on any atom is -0.292 e. The summed E-state index contributed by atoms with van der Waals surface area (Å²) in [5, 5.41) is 8.70. The van der Waals surface area contributed by atoms with Gasteiger partial charge >= 0.3 is 0 Å². The van der Waals surface area contributed by atoms with Crippen molar-refractivity contribution in [1.82, 2.24) is 5.06 Å². The number of benzene rings is 1.